The van der Waals surface area contributed by atoms with Crippen LogP contribution in [0.5, 0.6) is 0 Å². The first-order valence-corrected chi connectivity index (χ1v) is 12.3. The first kappa shape index (κ1) is 25.2. The zero-order valence-electron chi connectivity index (χ0n) is 18.9. The predicted molar refractivity (Wildman–Crippen MR) is 126 cm³/mol. The number of nitrogens with zero attached hydrogens (tertiary/aromatic N) is 3. The number of benzene rings is 2. The number of amides is 1. The minimum Gasteiger partial charge on any atom is -0.365 e. The molecule has 2 heterocycles. The van der Waals surface area contributed by atoms with Crippen LogP contribution in [0.3, 0.4) is 0 Å². The molecule has 36 heavy (non-hydrogen) atoms. The molecule has 0 saturated carbocycles. The van der Waals surface area contributed by atoms with Crippen molar-refractivity contribution in [1.82, 2.24) is 9.97 Å². The molecular weight excluding hydrogens is 504 g/mol. The van der Waals surface area contributed by atoms with Crippen LogP contribution < -0.4 is 20.3 Å². The molecule has 14 heteroatoms. The number of halogens is 4. The summed E-state index contributed by atoms with van der Waals surface area (Å²) < 4.78 is 80.1. The number of hydrogen-bond acceptors (Lipinski definition) is 7. The van der Waals surface area contributed by atoms with Crippen LogP contribution in [-0.2, 0) is 34.0 Å². The highest BCUT2D eigenvalue weighted by atomic mass is 32.2. The lowest BCUT2D eigenvalue weighted by Gasteiger charge is -2.22. The quantitative estimate of drug-likeness (QED) is 0.402. The molecule has 9 nitrogen and oxygen atoms in total. The van der Waals surface area contributed by atoms with Crippen molar-refractivity contribution < 1.29 is 30.8 Å². The average molecular weight is 525 g/mol. The molecule has 190 valence electrons. The van der Waals surface area contributed by atoms with Crippen LogP contribution in [0, 0.1) is 5.82 Å². The molecule has 0 radical (unpaired) electrons. The van der Waals surface area contributed by atoms with Crippen LogP contribution in [0.1, 0.15) is 16.7 Å². The van der Waals surface area contributed by atoms with E-state index in [0.717, 1.165) is 19.4 Å². The van der Waals surface area contributed by atoms with E-state index in [9.17, 15) is 30.8 Å². The molecule has 1 amide bonds. The monoisotopic (exact) mass is 524 g/mol. The lowest BCUT2D eigenvalue weighted by atomic mass is 10.1. The molecule has 0 fully saturated rings. The third kappa shape index (κ3) is 5.17. The van der Waals surface area contributed by atoms with Crippen molar-refractivity contribution in [2.24, 2.45) is 0 Å². The van der Waals surface area contributed by atoms with E-state index in [1.54, 1.807) is 18.2 Å². The Morgan fingerprint density at radius 3 is 2.58 bits per heavy atom. The minimum absolute atomic E-state index is 0.0838. The summed E-state index contributed by atoms with van der Waals surface area (Å²) in [5.41, 5.74) is 0.258. The van der Waals surface area contributed by atoms with Crippen LogP contribution in [0.15, 0.2) is 42.6 Å². The third-order valence-corrected chi connectivity index (χ3v) is 6.63. The molecule has 0 spiro atoms. The molecule has 1 aliphatic rings. The normalized spacial score (nSPS) is 13.2. The molecular formula is C22H20F4N6O3S. The van der Waals surface area contributed by atoms with Gasteiger partial charge in [-0.15, -0.1) is 0 Å². The number of sulfonamides is 1. The van der Waals surface area contributed by atoms with Crippen LogP contribution in [0.4, 0.5) is 46.4 Å². The fourth-order valence-corrected chi connectivity index (χ4v) is 4.21. The molecule has 2 aromatic carbocycles. The molecule has 1 aliphatic heterocycles. The number of alkyl halides is 3. The molecule has 0 unspecified atom stereocenters. The lowest BCUT2D eigenvalue weighted by Crippen LogP contribution is -2.27. The SMILES string of the molecule is CN(c1c(F)cccc1CNc1nc(Nc2cccc3c2CC(=O)N3)ncc1C(F)(F)F)S(C)(=O)=O. The zero-order valence-corrected chi connectivity index (χ0v) is 19.8. The molecule has 0 bridgehead atoms. The number of fused-ring (bicyclic) bond motifs is 1. The lowest BCUT2D eigenvalue weighted by molar-refractivity contribution is -0.137. The highest BCUT2D eigenvalue weighted by Gasteiger charge is 2.35. The predicted octanol–water partition coefficient (Wildman–Crippen LogP) is 3.88. The van der Waals surface area contributed by atoms with Gasteiger partial charge in [-0.3, -0.25) is 9.10 Å². The average Bonchev–Trinajstić information content (AvgIpc) is 3.17. The van der Waals surface area contributed by atoms with E-state index in [1.807, 2.05) is 0 Å². The maximum Gasteiger partial charge on any atom is 0.421 e. The van der Waals surface area contributed by atoms with Crippen molar-refractivity contribution in [3.63, 3.8) is 0 Å². The first-order chi connectivity index (χ1) is 16.8. The second kappa shape index (κ2) is 9.26. The summed E-state index contributed by atoms with van der Waals surface area (Å²) >= 11 is 0. The summed E-state index contributed by atoms with van der Waals surface area (Å²) in [7, 11) is -2.70. The van der Waals surface area contributed by atoms with Crippen molar-refractivity contribution in [2.75, 3.05) is 33.6 Å². The van der Waals surface area contributed by atoms with Gasteiger partial charge in [-0.2, -0.15) is 18.2 Å². The number of nitrogens with one attached hydrogen (secondary N) is 3. The molecule has 0 saturated heterocycles. The number of rotatable bonds is 7. The smallest absolute Gasteiger partial charge is 0.365 e. The van der Waals surface area contributed by atoms with E-state index < -0.39 is 33.4 Å². The van der Waals surface area contributed by atoms with Crippen LogP contribution >= 0.6 is 0 Å². The molecule has 3 aromatic rings. The highest BCUT2D eigenvalue weighted by molar-refractivity contribution is 7.92. The molecule has 0 aliphatic carbocycles. The molecule has 4 rings (SSSR count). The van der Waals surface area contributed by atoms with Crippen molar-refractivity contribution >= 4 is 44.8 Å². The van der Waals surface area contributed by atoms with Gasteiger partial charge in [0.1, 0.15) is 17.2 Å². The van der Waals surface area contributed by atoms with E-state index in [4.69, 9.17) is 0 Å². The van der Waals surface area contributed by atoms with Crippen LogP contribution in [0.25, 0.3) is 0 Å². The number of para-hydroxylation sites is 1. The Kier molecular flexibility index (Phi) is 6.47. The maximum atomic E-state index is 14.5. The summed E-state index contributed by atoms with van der Waals surface area (Å²) in [6, 6.07) is 8.72. The minimum atomic E-state index is -4.81. The Balaban J connectivity index is 1.67. The van der Waals surface area contributed by atoms with Gasteiger partial charge >= 0.3 is 6.18 Å². The summed E-state index contributed by atoms with van der Waals surface area (Å²) in [5.74, 6) is -1.85. The van der Waals surface area contributed by atoms with Gasteiger partial charge in [0, 0.05) is 36.7 Å². The van der Waals surface area contributed by atoms with E-state index in [-0.39, 0.29) is 36.1 Å². The van der Waals surface area contributed by atoms with Gasteiger partial charge in [0.15, 0.2) is 0 Å². The topological polar surface area (TPSA) is 116 Å². The van der Waals surface area contributed by atoms with E-state index >= 15 is 0 Å². The Morgan fingerprint density at radius 1 is 1.17 bits per heavy atom. The first-order valence-electron chi connectivity index (χ1n) is 10.4. The largest absolute Gasteiger partial charge is 0.421 e. The van der Waals surface area contributed by atoms with E-state index in [0.29, 0.717) is 27.4 Å². The summed E-state index contributed by atoms with van der Waals surface area (Å²) in [4.78, 5) is 19.4. The fourth-order valence-electron chi connectivity index (χ4n) is 3.67. The Morgan fingerprint density at radius 2 is 1.89 bits per heavy atom. The molecule has 1 aromatic heterocycles. The highest BCUT2D eigenvalue weighted by Crippen LogP contribution is 2.36. The third-order valence-electron chi connectivity index (χ3n) is 5.46. The number of carbonyl (C=O) groups is 1. The number of anilines is 5. The van der Waals surface area contributed by atoms with Crippen molar-refractivity contribution in [3.05, 3.63) is 65.1 Å². The van der Waals surface area contributed by atoms with Crippen molar-refractivity contribution in [1.29, 1.82) is 0 Å². The van der Waals surface area contributed by atoms with Gasteiger partial charge in [-0.05, 0) is 23.8 Å². The number of aromatic nitrogens is 2. The van der Waals surface area contributed by atoms with Gasteiger partial charge in [0.25, 0.3) is 0 Å². The van der Waals surface area contributed by atoms with Gasteiger partial charge in [0.05, 0.1) is 18.4 Å². The summed E-state index contributed by atoms with van der Waals surface area (Å²) in [5, 5.41) is 8.03. The number of carbonyl (C=O) groups excluding carboxylic acids is 1. The Bertz CT molecular complexity index is 1450. The second-order valence-corrected chi connectivity index (χ2v) is 9.98. The van der Waals surface area contributed by atoms with Crippen molar-refractivity contribution in [2.45, 2.75) is 19.1 Å². The van der Waals surface area contributed by atoms with Gasteiger partial charge in [0.2, 0.25) is 21.9 Å². The Labute approximate surface area is 203 Å². The number of hydrogen-bond donors (Lipinski definition) is 3. The molecule has 0 atom stereocenters. The van der Waals surface area contributed by atoms with Gasteiger partial charge < -0.3 is 16.0 Å². The van der Waals surface area contributed by atoms with Crippen LogP contribution in [0.2, 0.25) is 0 Å². The van der Waals surface area contributed by atoms with Gasteiger partial charge in [-0.1, -0.05) is 18.2 Å². The Hall–Kier alpha value is -3.94. The van der Waals surface area contributed by atoms with Gasteiger partial charge in [-0.25, -0.2) is 17.8 Å². The van der Waals surface area contributed by atoms with E-state index in [2.05, 4.69) is 25.9 Å². The second-order valence-electron chi connectivity index (χ2n) is 7.97. The fraction of sp³-hybridized carbons (Fsp3) is 0.227. The summed E-state index contributed by atoms with van der Waals surface area (Å²) in [6.45, 7) is -0.369. The summed E-state index contributed by atoms with van der Waals surface area (Å²) in [6.07, 6.45) is -3.25. The standard InChI is InChI=1S/C22H20F4N6O3S/c1-32(36(2,34)35)19-12(5-3-6-15(19)23)10-27-20-14(22(24,25)26)11-28-21(31-20)30-17-8-4-7-16-13(17)9-18(33)29-16/h3-8,11H,9-10H2,1-2H3,(H,29,33)(H2,27,28,30,31). The molecule has 3 N–H and O–H groups in total. The van der Waals surface area contributed by atoms with Crippen LogP contribution in [-0.4, -0.2) is 37.6 Å². The van der Waals surface area contributed by atoms with Crippen molar-refractivity contribution in [3.8, 4) is 0 Å². The van der Waals surface area contributed by atoms with E-state index in [1.165, 1.54) is 12.1 Å². The zero-order chi connectivity index (χ0) is 26.3. The maximum absolute atomic E-state index is 14.5.